The van der Waals surface area contributed by atoms with Crippen molar-refractivity contribution in [2.75, 3.05) is 23.3 Å². The van der Waals surface area contributed by atoms with Gasteiger partial charge in [-0.25, -0.2) is 8.42 Å². The van der Waals surface area contributed by atoms with Crippen LogP contribution >= 0.6 is 11.6 Å². The number of ether oxygens (including phenoxy) is 1. The van der Waals surface area contributed by atoms with E-state index in [0.29, 0.717) is 17.3 Å². The average Bonchev–Trinajstić information content (AvgIpc) is 3.41. The Bertz CT molecular complexity index is 1020. The number of anilines is 2. The predicted molar refractivity (Wildman–Crippen MR) is 104 cm³/mol. The van der Waals surface area contributed by atoms with Crippen LogP contribution < -0.4 is 14.4 Å². The number of amides is 1. The third-order valence-corrected chi connectivity index (χ3v) is 6.48. The first-order valence-corrected chi connectivity index (χ1v) is 10.6. The van der Waals surface area contributed by atoms with Gasteiger partial charge in [0.25, 0.3) is 10.0 Å². The number of nitrogens with one attached hydrogen (secondary N) is 1. The maximum absolute atomic E-state index is 12.8. The minimum atomic E-state index is -3.90. The normalized spacial score (nSPS) is 16.1. The maximum Gasteiger partial charge on any atom is 0.265 e. The van der Waals surface area contributed by atoms with Crippen LogP contribution in [0.5, 0.6) is 5.75 Å². The summed E-state index contributed by atoms with van der Waals surface area (Å²) in [5, 5.41) is 0.298. The number of methoxy groups -OCH3 is 1. The number of fused-ring (bicyclic) bond motifs is 1. The van der Waals surface area contributed by atoms with Crippen LogP contribution in [0.15, 0.2) is 41.3 Å². The van der Waals surface area contributed by atoms with Crippen molar-refractivity contribution in [2.45, 2.75) is 24.2 Å². The Morgan fingerprint density at radius 1 is 1.22 bits per heavy atom. The van der Waals surface area contributed by atoms with Crippen LogP contribution in [0.4, 0.5) is 11.4 Å². The summed E-state index contributed by atoms with van der Waals surface area (Å²) in [5.74, 6) is 0.455. The zero-order valence-electron chi connectivity index (χ0n) is 14.7. The number of hydrogen-bond acceptors (Lipinski definition) is 4. The second kappa shape index (κ2) is 6.73. The fraction of sp³-hybridized carbons (Fsp3) is 0.316. The topological polar surface area (TPSA) is 75.7 Å². The number of sulfonamides is 1. The number of nitrogens with zero attached hydrogens (tertiary/aromatic N) is 1. The summed E-state index contributed by atoms with van der Waals surface area (Å²) < 4.78 is 33.4. The van der Waals surface area contributed by atoms with Gasteiger partial charge in [0.15, 0.2) is 0 Å². The summed E-state index contributed by atoms with van der Waals surface area (Å²) in [6.07, 6.45) is 2.65. The second-order valence-corrected chi connectivity index (χ2v) is 8.85. The van der Waals surface area contributed by atoms with E-state index in [0.717, 1.165) is 30.5 Å². The van der Waals surface area contributed by atoms with Gasteiger partial charge >= 0.3 is 0 Å². The van der Waals surface area contributed by atoms with E-state index in [9.17, 15) is 13.2 Å². The van der Waals surface area contributed by atoms with Crippen LogP contribution in [-0.4, -0.2) is 28.0 Å². The van der Waals surface area contributed by atoms with Crippen molar-refractivity contribution in [3.05, 3.63) is 47.0 Å². The second-order valence-electron chi connectivity index (χ2n) is 6.76. The molecule has 1 saturated carbocycles. The van der Waals surface area contributed by atoms with Crippen molar-refractivity contribution < 1.29 is 17.9 Å². The first kappa shape index (κ1) is 18.1. The molecule has 1 aliphatic carbocycles. The summed E-state index contributed by atoms with van der Waals surface area (Å²) in [5.41, 5.74) is 2.23. The highest BCUT2D eigenvalue weighted by Crippen LogP contribution is 2.38. The highest BCUT2D eigenvalue weighted by Gasteiger charge is 2.36. The van der Waals surface area contributed by atoms with Crippen LogP contribution in [0.2, 0.25) is 5.02 Å². The van der Waals surface area contributed by atoms with Crippen molar-refractivity contribution in [2.24, 2.45) is 5.92 Å². The van der Waals surface area contributed by atoms with Gasteiger partial charge in [-0.15, -0.1) is 0 Å². The van der Waals surface area contributed by atoms with E-state index in [2.05, 4.69) is 4.72 Å². The molecular formula is C19H19ClN2O4S. The van der Waals surface area contributed by atoms with Gasteiger partial charge in [0.05, 0.1) is 12.8 Å². The molecule has 8 heteroatoms. The molecule has 0 saturated heterocycles. The fourth-order valence-electron chi connectivity index (χ4n) is 3.29. The SMILES string of the molecule is COc1ccc(Cl)cc1S(=O)(=O)Nc1ccc2c(c1)N(C(=O)C1CC1)CC2. The van der Waals surface area contributed by atoms with Gasteiger partial charge in [-0.1, -0.05) is 17.7 Å². The Hall–Kier alpha value is -2.25. The van der Waals surface area contributed by atoms with Crippen molar-refractivity contribution >= 4 is 38.9 Å². The molecule has 4 rings (SSSR count). The molecule has 1 N–H and O–H groups in total. The quantitative estimate of drug-likeness (QED) is 0.825. The first-order chi connectivity index (χ1) is 12.9. The number of benzene rings is 2. The summed E-state index contributed by atoms with van der Waals surface area (Å²) in [6.45, 7) is 0.642. The van der Waals surface area contributed by atoms with E-state index in [1.54, 1.807) is 23.1 Å². The molecular weight excluding hydrogens is 388 g/mol. The zero-order chi connectivity index (χ0) is 19.2. The maximum atomic E-state index is 12.8. The highest BCUT2D eigenvalue weighted by atomic mass is 35.5. The van der Waals surface area contributed by atoms with E-state index >= 15 is 0 Å². The molecule has 1 aliphatic heterocycles. The van der Waals surface area contributed by atoms with Gasteiger partial charge in [-0.3, -0.25) is 9.52 Å². The molecule has 2 aliphatic rings. The van der Waals surface area contributed by atoms with Crippen LogP contribution in [-0.2, 0) is 21.2 Å². The molecule has 0 unspecified atom stereocenters. The summed E-state index contributed by atoms with van der Waals surface area (Å²) >= 11 is 5.96. The molecule has 142 valence electrons. The van der Waals surface area contributed by atoms with Crippen molar-refractivity contribution in [1.82, 2.24) is 0 Å². The van der Waals surface area contributed by atoms with E-state index in [1.807, 2.05) is 6.07 Å². The Balaban J connectivity index is 1.64. The minimum Gasteiger partial charge on any atom is -0.495 e. The number of halogens is 1. The third-order valence-electron chi connectivity index (χ3n) is 4.84. The average molecular weight is 407 g/mol. The third kappa shape index (κ3) is 3.49. The Morgan fingerprint density at radius 3 is 2.70 bits per heavy atom. The first-order valence-electron chi connectivity index (χ1n) is 8.70. The van der Waals surface area contributed by atoms with Crippen LogP contribution in [0, 0.1) is 5.92 Å². The highest BCUT2D eigenvalue weighted by molar-refractivity contribution is 7.92. The number of carbonyl (C=O) groups excluding carboxylic acids is 1. The monoisotopic (exact) mass is 406 g/mol. The standard InChI is InChI=1S/C19H19ClN2O4S/c1-26-17-7-5-14(20)10-18(17)27(24,25)21-15-6-4-12-8-9-22(16(12)11-15)19(23)13-2-3-13/h4-7,10-11,13,21H,2-3,8-9H2,1H3. The molecule has 0 bridgehead atoms. The number of hydrogen-bond donors (Lipinski definition) is 1. The summed E-state index contributed by atoms with van der Waals surface area (Å²) in [4.78, 5) is 14.2. The molecule has 1 fully saturated rings. The lowest BCUT2D eigenvalue weighted by molar-refractivity contribution is -0.119. The molecule has 1 heterocycles. The van der Waals surface area contributed by atoms with Gasteiger partial charge in [0.2, 0.25) is 5.91 Å². The van der Waals surface area contributed by atoms with Crippen molar-refractivity contribution in [3.8, 4) is 5.75 Å². The van der Waals surface area contributed by atoms with E-state index < -0.39 is 10.0 Å². The van der Waals surface area contributed by atoms with Gasteiger partial charge in [0.1, 0.15) is 10.6 Å². The molecule has 0 radical (unpaired) electrons. The Kier molecular flexibility index (Phi) is 4.52. The zero-order valence-corrected chi connectivity index (χ0v) is 16.3. The number of carbonyl (C=O) groups is 1. The molecule has 27 heavy (non-hydrogen) atoms. The molecule has 6 nitrogen and oxygen atoms in total. The summed E-state index contributed by atoms with van der Waals surface area (Å²) in [6, 6.07) is 9.71. The van der Waals surface area contributed by atoms with E-state index in [4.69, 9.17) is 16.3 Å². The van der Waals surface area contributed by atoms with Crippen molar-refractivity contribution in [3.63, 3.8) is 0 Å². The van der Waals surface area contributed by atoms with E-state index in [-0.39, 0.29) is 22.5 Å². The Labute approximate surface area is 163 Å². The van der Waals surface area contributed by atoms with Gasteiger partial charge in [-0.05, 0) is 55.2 Å². The van der Waals surface area contributed by atoms with Gasteiger partial charge in [0, 0.05) is 23.2 Å². The minimum absolute atomic E-state index is 0.0380. The largest absolute Gasteiger partial charge is 0.495 e. The summed E-state index contributed by atoms with van der Waals surface area (Å²) in [7, 11) is -2.50. The van der Waals surface area contributed by atoms with Gasteiger partial charge in [-0.2, -0.15) is 0 Å². The predicted octanol–water partition coefficient (Wildman–Crippen LogP) is 3.45. The molecule has 0 aromatic heterocycles. The van der Waals surface area contributed by atoms with Gasteiger partial charge < -0.3 is 9.64 Å². The number of rotatable bonds is 5. The lowest BCUT2D eigenvalue weighted by atomic mass is 10.1. The van der Waals surface area contributed by atoms with Crippen LogP contribution in [0.3, 0.4) is 0 Å². The molecule has 0 spiro atoms. The molecule has 2 aromatic carbocycles. The molecule has 0 atom stereocenters. The Morgan fingerprint density at radius 2 is 2.00 bits per heavy atom. The molecule has 1 amide bonds. The van der Waals surface area contributed by atoms with E-state index in [1.165, 1.54) is 19.2 Å². The van der Waals surface area contributed by atoms with Crippen LogP contribution in [0.25, 0.3) is 0 Å². The fourth-order valence-corrected chi connectivity index (χ4v) is 4.78. The molecule has 2 aromatic rings. The lowest BCUT2D eigenvalue weighted by Crippen LogP contribution is -2.30. The smallest absolute Gasteiger partial charge is 0.265 e. The van der Waals surface area contributed by atoms with Crippen molar-refractivity contribution in [1.29, 1.82) is 0 Å². The van der Waals surface area contributed by atoms with Crippen LogP contribution in [0.1, 0.15) is 18.4 Å². The lowest BCUT2D eigenvalue weighted by Gasteiger charge is -2.18.